The monoisotopic (exact) mass is 442 g/mol. The Kier molecular flexibility index (Phi) is 8.19. The highest BCUT2D eigenvalue weighted by Crippen LogP contribution is 2.19. The number of carbonyl (C=O) groups excluding carboxylic acids is 2. The third kappa shape index (κ3) is 6.94. The fourth-order valence-corrected chi connectivity index (χ4v) is 3.61. The molecule has 0 atom stereocenters. The van der Waals surface area contributed by atoms with Crippen LogP contribution in [0.25, 0.3) is 0 Å². The molecule has 3 rings (SSSR count). The van der Waals surface area contributed by atoms with Crippen molar-refractivity contribution in [1.29, 1.82) is 0 Å². The molecule has 0 aliphatic rings. The van der Waals surface area contributed by atoms with Crippen LogP contribution in [0.1, 0.15) is 16.8 Å². The summed E-state index contributed by atoms with van der Waals surface area (Å²) < 4.78 is 14.6. The minimum absolute atomic E-state index is 0.0505. The first-order valence-electron chi connectivity index (χ1n) is 9.65. The molecule has 0 aliphatic heterocycles. The van der Waals surface area contributed by atoms with E-state index >= 15 is 0 Å². The molecule has 2 amide bonds. The Bertz CT molecular complexity index is 1010. The molecule has 3 aromatic rings. The Morgan fingerprint density at radius 1 is 0.968 bits per heavy atom. The van der Waals surface area contributed by atoms with Crippen LogP contribution in [0.15, 0.2) is 66.0 Å². The van der Waals surface area contributed by atoms with Crippen LogP contribution >= 0.6 is 11.8 Å². The van der Waals surface area contributed by atoms with E-state index in [0.29, 0.717) is 17.4 Å². The van der Waals surface area contributed by atoms with Gasteiger partial charge in [0.1, 0.15) is 12.4 Å². The first-order valence-corrected chi connectivity index (χ1v) is 10.6. The molecular formula is C22H23FN4O3S. The van der Waals surface area contributed by atoms with Crippen molar-refractivity contribution < 1.29 is 19.1 Å². The van der Waals surface area contributed by atoms with Crippen molar-refractivity contribution in [2.75, 3.05) is 5.75 Å². The van der Waals surface area contributed by atoms with Gasteiger partial charge in [-0.3, -0.25) is 9.59 Å². The van der Waals surface area contributed by atoms with Crippen molar-refractivity contribution in [3.05, 3.63) is 83.4 Å². The summed E-state index contributed by atoms with van der Waals surface area (Å²) in [5, 5.41) is 15.6. The molecule has 2 aromatic carbocycles. The lowest BCUT2D eigenvalue weighted by molar-refractivity contribution is -0.122. The van der Waals surface area contributed by atoms with Crippen LogP contribution < -0.4 is 10.6 Å². The molecule has 0 saturated heterocycles. The van der Waals surface area contributed by atoms with Crippen LogP contribution in [0, 0.1) is 5.82 Å². The van der Waals surface area contributed by atoms with Gasteiger partial charge in [-0.05, 0) is 23.3 Å². The average molecular weight is 443 g/mol. The van der Waals surface area contributed by atoms with Gasteiger partial charge in [-0.25, -0.2) is 9.37 Å². The van der Waals surface area contributed by atoms with Crippen LogP contribution in [0.3, 0.4) is 0 Å². The van der Waals surface area contributed by atoms with E-state index in [1.165, 1.54) is 30.1 Å². The zero-order valence-electron chi connectivity index (χ0n) is 16.8. The summed E-state index contributed by atoms with van der Waals surface area (Å²) in [6, 6.07) is 15.4. The number of benzene rings is 2. The second-order valence-electron chi connectivity index (χ2n) is 6.73. The predicted octanol–water partition coefficient (Wildman–Crippen LogP) is 2.24. The minimum Gasteiger partial charge on any atom is -0.390 e. The molecule has 0 fully saturated rings. The Labute approximate surface area is 183 Å². The van der Waals surface area contributed by atoms with Crippen LogP contribution in [0.4, 0.5) is 4.39 Å². The normalized spacial score (nSPS) is 10.6. The lowest BCUT2D eigenvalue weighted by atomic mass is 10.2. The Balaban J connectivity index is 1.52. The van der Waals surface area contributed by atoms with Gasteiger partial charge < -0.3 is 20.3 Å². The summed E-state index contributed by atoms with van der Waals surface area (Å²) in [6.07, 6.45) is 1.48. The maximum absolute atomic E-state index is 13.0. The third-order valence-electron chi connectivity index (χ3n) is 4.43. The molecule has 0 radical (unpaired) electrons. The molecule has 3 N–H and O–H groups in total. The zero-order chi connectivity index (χ0) is 22.1. The smallest absolute Gasteiger partial charge is 0.240 e. The number of carbonyl (C=O) groups is 2. The van der Waals surface area contributed by atoms with E-state index < -0.39 is 0 Å². The number of halogens is 1. The highest BCUT2D eigenvalue weighted by Gasteiger charge is 2.15. The molecule has 0 unspecified atom stereocenters. The lowest BCUT2D eigenvalue weighted by Gasteiger charge is -2.11. The van der Waals surface area contributed by atoms with E-state index in [9.17, 15) is 19.1 Å². The van der Waals surface area contributed by atoms with Gasteiger partial charge in [-0.1, -0.05) is 54.2 Å². The van der Waals surface area contributed by atoms with Crippen molar-refractivity contribution >= 4 is 23.6 Å². The number of aromatic nitrogens is 2. The number of amides is 2. The molecule has 7 nitrogen and oxygen atoms in total. The van der Waals surface area contributed by atoms with Crippen molar-refractivity contribution in [2.45, 2.75) is 31.4 Å². The molecular weight excluding hydrogens is 419 g/mol. The van der Waals surface area contributed by atoms with Gasteiger partial charge in [0.2, 0.25) is 11.8 Å². The van der Waals surface area contributed by atoms with E-state index in [1.54, 1.807) is 16.7 Å². The molecule has 0 bridgehead atoms. The molecule has 0 saturated carbocycles. The molecule has 1 heterocycles. The van der Waals surface area contributed by atoms with Gasteiger partial charge in [0, 0.05) is 13.1 Å². The number of aliphatic hydroxyl groups is 1. The van der Waals surface area contributed by atoms with Gasteiger partial charge in [0.25, 0.3) is 0 Å². The number of hydrogen-bond acceptors (Lipinski definition) is 5. The van der Waals surface area contributed by atoms with Crippen LogP contribution in [0.2, 0.25) is 0 Å². The zero-order valence-corrected chi connectivity index (χ0v) is 17.6. The topological polar surface area (TPSA) is 96.2 Å². The Hall–Kier alpha value is -3.17. The van der Waals surface area contributed by atoms with Crippen LogP contribution in [-0.2, 0) is 35.8 Å². The SMILES string of the molecule is O=C(CSc1ncc(CO)n1CC(=O)NCc1ccc(F)cc1)NCc1ccccc1. The van der Waals surface area contributed by atoms with Gasteiger partial charge in [-0.2, -0.15) is 0 Å². The number of aliphatic hydroxyl groups excluding tert-OH is 1. The van der Waals surface area contributed by atoms with Crippen molar-refractivity contribution in [3.63, 3.8) is 0 Å². The van der Waals surface area contributed by atoms with E-state index in [1.807, 2.05) is 30.3 Å². The van der Waals surface area contributed by atoms with Gasteiger partial charge in [0.05, 0.1) is 24.3 Å². The first-order chi connectivity index (χ1) is 15.0. The number of imidazole rings is 1. The summed E-state index contributed by atoms with van der Waals surface area (Å²) >= 11 is 1.19. The lowest BCUT2D eigenvalue weighted by Crippen LogP contribution is -2.28. The van der Waals surface area contributed by atoms with Gasteiger partial charge in [0.15, 0.2) is 5.16 Å². The minimum atomic E-state index is -0.337. The number of hydrogen-bond donors (Lipinski definition) is 3. The number of thioether (sulfide) groups is 1. The second kappa shape index (κ2) is 11.3. The molecule has 31 heavy (non-hydrogen) atoms. The fraction of sp³-hybridized carbons (Fsp3) is 0.227. The largest absolute Gasteiger partial charge is 0.390 e. The third-order valence-corrected chi connectivity index (χ3v) is 5.42. The molecule has 9 heteroatoms. The summed E-state index contributed by atoms with van der Waals surface area (Å²) in [6.45, 7) is 0.360. The Morgan fingerprint density at radius 2 is 1.61 bits per heavy atom. The summed E-state index contributed by atoms with van der Waals surface area (Å²) in [5.74, 6) is -0.649. The first kappa shape index (κ1) is 22.5. The van der Waals surface area contributed by atoms with E-state index in [2.05, 4.69) is 15.6 Å². The van der Waals surface area contributed by atoms with Crippen LogP contribution in [-0.4, -0.2) is 32.2 Å². The van der Waals surface area contributed by atoms with Crippen LogP contribution in [0.5, 0.6) is 0 Å². The molecule has 0 spiro atoms. The molecule has 162 valence electrons. The average Bonchev–Trinajstić information content (AvgIpc) is 3.18. The summed E-state index contributed by atoms with van der Waals surface area (Å²) in [5.41, 5.74) is 2.25. The molecule has 1 aromatic heterocycles. The standard InChI is InChI=1S/C22H23FN4O3S/c23-18-8-6-17(7-9-18)11-24-20(29)13-27-19(14-28)12-26-22(27)31-15-21(30)25-10-16-4-2-1-3-5-16/h1-9,12,28H,10-11,13-15H2,(H,24,29)(H,25,30). The maximum Gasteiger partial charge on any atom is 0.240 e. The number of nitrogens with one attached hydrogen (secondary N) is 2. The maximum atomic E-state index is 13.0. The number of nitrogens with zero attached hydrogens (tertiary/aromatic N) is 2. The summed E-state index contributed by atoms with van der Waals surface area (Å²) in [4.78, 5) is 28.7. The predicted molar refractivity (Wildman–Crippen MR) is 115 cm³/mol. The van der Waals surface area contributed by atoms with E-state index in [0.717, 1.165) is 11.1 Å². The molecule has 0 aliphatic carbocycles. The van der Waals surface area contributed by atoms with Gasteiger partial charge in [-0.15, -0.1) is 0 Å². The Morgan fingerprint density at radius 3 is 2.29 bits per heavy atom. The van der Waals surface area contributed by atoms with Gasteiger partial charge >= 0.3 is 0 Å². The number of rotatable bonds is 10. The van der Waals surface area contributed by atoms with Crippen molar-refractivity contribution in [1.82, 2.24) is 20.2 Å². The van der Waals surface area contributed by atoms with Crippen molar-refractivity contribution in [3.8, 4) is 0 Å². The highest BCUT2D eigenvalue weighted by atomic mass is 32.2. The summed E-state index contributed by atoms with van der Waals surface area (Å²) in [7, 11) is 0. The highest BCUT2D eigenvalue weighted by molar-refractivity contribution is 7.99. The van der Waals surface area contributed by atoms with E-state index in [-0.39, 0.29) is 43.1 Å². The van der Waals surface area contributed by atoms with E-state index in [4.69, 9.17) is 0 Å². The second-order valence-corrected chi connectivity index (χ2v) is 7.67. The quantitative estimate of drug-likeness (QED) is 0.419. The van der Waals surface area contributed by atoms with Crippen molar-refractivity contribution in [2.24, 2.45) is 0 Å². The fourth-order valence-electron chi connectivity index (χ4n) is 2.78.